The Morgan fingerprint density at radius 2 is 1.81 bits per heavy atom. The van der Waals surface area contributed by atoms with Crippen LogP contribution < -0.4 is 5.73 Å². The van der Waals surface area contributed by atoms with Gasteiger partial charge < -0.3 is 5.73 Å². The van der Waals surface area contributed by atoms with Crippen LogP contribution in [0.25, 0.3) is 22.4 Å². The first-order valence-electron chi connectivity index (χ1n) is 6.12. The van der Waals surface area contributed by atoms with Gasteiger partial charge in [0, 0.05) is 5.56 Å². The Morgan fingerprint density at radius 1 is 1.05 bits per heavy atom. The van der Waals surface area contributed by atoms with Crippen molar-refractivity contribution in [3.05, 3.63) is 58.3 Å². The van der Waals surface area contributed by atoms with Gasteiger partial charge in [-0.2, -0.15) is 5.10 Å². The third-order valence-electron chi connectivity index (χ3n) is 3.15. The van der Waals surface area contributed by atoms with E-state index in [2.05, 4.69) is 10.2 Å². The van der Waals surface area contributed by atoms with Gasteiger partial charge in [-0.3, -0.25) is 5.10 Å². The number of nitrogen functional groups attached to an aromatic ring is 1. The second-order valence-corrected chi connectivity index (χ2v) is 5.28. The monoisotopic (exact) mass is 321 g/mol. The molecule has 0 amide bonds. The van der Waals surface area contributed by atoms with Gasteiger partial charge in [-0.05, 0) is 29.8 Å². The summed E-state index contributed by atoms with van der Waals surface area (Å²) in [5.74, 6) is -0.0888. The maximum absolute atomic E-state index is 14.0. The molecule has 6 heteroatoms. The number of halogens is 3. The molecule has 106 valence electrons. The summed E-state index contributed by atoms with van der Waals surface area (Å²) in [6.45, 7) is 0. The first kappa shape index (κ1) is 13.9. The quantitative estimate of drug-likeness (QED) is 0.714. The van der Waals surface area contributed by atoms with Crippen molar-refractivity contribution in [1.29, 1.82) is 0 Å². The molecule has 0 aliphatic heterocycles. The summed E-state index contributed by atoms with van der Waals surface area (Å²) in [4.78, 5) is 0. The first-order chi connectivity index (χ1) is 10.1. The zero-order valence-electron chi connectivity index (χ0n) is 10.7. The fourth-order valence-electron chi connectivity index (χ4n) is 2.16. The predicted molar refractivity (Wildman–Crippen MR) is 83.9 cm³/mol. The number of H-pyrrole nitrogens is 1. The summed E-state index contributed by atoms with van der Waals surface area (Å²) in [5.41, 5.74) is 8.12. The van der Waals surface area contributed by atoms with E-state index in [9.17, 15) is 4.39 Å². The van der Waals surface area contributed by atoms with Gasteiger partial charge in [0.25, 0.3) is 0 Å². The molecule has 0 aliphatic carbocycles. The Labute approximate surface area is 130 Å². The summed E-state index contributed by atoms with van der Waals surface area (Å²) in [5, 5.41) is 7.58. The molecule has 0 bridgehead atoms. The molecular weight excluding hydrogens is 312 g/mol. The zero-order chi connectivity index (χ0) is 15.0. The second-order valence-electron chi connectivity index (χ2n) is 4.47. The summed E-state index contributed by atoms with van der Waals surface area (Å²) in [6.07, 6.45) is 0. The fourth-order valence-corrected chi connectivity index (χ4v) is 2.46. The molecule has 0 unspecified atom stereocenters. The molecule has 0 atom stereocenters. The van der Waals surface area contributed by atoms with Crippen LogP contribution in [0.5, 0.6) is 0 Å². The van der Waals surface area contributed by atoms with Crippen LogP contribution in [0.15, 0.2) is 42.5 Å². The minimum Gasteiger partial charge on any atom is -0.382 e. The molecule has 3 aromatic rings. The smallest absolute Gasteiger partial charge is 0.153 e. The van der Waals surface area contributed by atoms with Crippen molar-refractivity contribution in [1.82, 2.24) is 10.2 Å². The van der Waals surface area contributed by atoms with E-state index in [4.69, 9.17) is 28.9 Å². The van der Waals surface area contributed by atoms with Crippen LogP contribution in [0.1, 0.15) is 0 Å². The average Bonchev–Trinajstić information content (AvgIpc) is 2.84. The largest absolute Gasteiger partial charge is 0.382 e. The van der Waals surface area contributed by atoms with Gasteiger partial charge in [-0.15, -0.1) is 0 Å². The molecule has 0 aliphatic rings. The topological polar surface area (TPSA) is 54.7 Å². The van der Waals surface area contributed by atoms with E-state index < -0.39 is 0 Å². The van der Waals surface area contributed by atoms with Crippen molar-refractivity contribution in [2.45, 2.75) is 0 Å². The van der Waals surface area contributed by atoms with Crippen LogP contribution in [0.3, 0.4) is 0 Å². The van der Waals surface area contributed by atoms with Crippen molar-refractivity contribution in [2.24, 2.45) is 0 Å². The summed E-state index contributed by atoms with van der Waals surface area (Å²) >= 11 is 12.0. The minimum atomic E-state index is -0.359. The molecule has 0 radical (unpaired) electrons. The number of nitrogens with one attached hydrogen (secondary N) is 1. The molecule has 1 aromatic heterocycles. The van der Waals surface area contributed by atoms with Crippen molar-refractivity contribution in [3.63, 3.8) is 0 Å². The number of benzene rings is 2. The maximum Gasteiger partial charge on any atom is 0.153 e. The molecule has 3 N–H and O–H groups in total. The highest BCUT2D eigenvalue weighted by molar-refractivity contribution is 6.42. The molecule has 0 spiro atoms. The van der Waals surface area contributed by atoms with Crippen LogP contribution in [0.2, 0.25) is 10.0 Å². The first-order valence-corrected chi connectivity index (χ1v) is 6.87. The lowest BCUT2D eigenvalue weighted by atomic mass is 10.0. The molecule has 2 aromatic carbocycles. The van der Waals surface area contributed by atoms with Crippen molar-refractivity contribution in [2.75, 3.05) is 5.73 Å². The van der Waals surface area contributed by atoms with E-state index in [0.717, 1.165) is 0 Å². The van der Waals surface area contributed by atoms with E-state index >= 15 is 0 Å². The van der Waals surface area contributed by atoms with Gasteiger partial charge in [0.05, 0.1) is 21.3 Å². The normalized spacial score (nSPS) is 10.8. The molecule has 0 saturated carbocycles. The summed E-state index contributed by atoms with van der Waals surface area (Å²) < 4.78 is 14.0. The van der Waals surface area contributed by atoms with Crippen LogP contribution in [-0.4, -0.2) is 10.2 Å². The lowest BCUT2D eigenvalue weighted by Gasteiger charge is -2.07. The SMILES string of the molecule is Nc1n[nH]c(-c2ccccc2F)c1-c1ccc(Cl)c(Cl)c1. The lowest BCUT2D eigenvalue weighted by molar-refractivity contribution is 0.630. The van der Waals surface area contributed by atoms with E-state index in [1.54, 1.807) is 36.4 Å². The van der Waals surface area contributed by atoms with Crippen LogP contribution in [-0.2, 0) is 0 Å². The van der Waals surface area contributed by atoms with E-state index in [0.29, 0.717) is 32.4 Å². The highest BCUT2D eigenvalue weighted by Crippen LogP contribution is 2.37. The van der Waals surface area contributed by atoms with Gasteiger partial charge >= 0.3 is 0 Å². The highest BCUT2D eigenvalue weighted by atomic mass is 35.5. The van der Waals surface area contributed by atoms with Crippen LogP contribution in [0.4, 0.5) is 10.2 Å². The van der Waals surface area contributed by atoms with Gasteiger partial charge in [0.15, 0.2) is 5.82 Å². The summed E-state index contributed by atoms with van der Waals surface area (Å²) in [7, 11) is 0. The molecular formula is C15H10Cl2FN3. The molecule has 0 saturated heterocycles. The molecule has 21 heavy (non-hydrogen) atoms. The second kappa shape index (κ2) is 5.39. The standard InChI is InChI=1S/C15H10Cl2FN3/c16-10-6-5-8(7-11(10)17)13-14(20-21-15(13)19)9-3-1-2-4-12(9)18/h1-7H,(H3,19,20,21). The number of nitrogens with zero attached hydrogens (tertiary/aromatic N) is 1. The maximum atomic E-state index is 14.0. The average molecular weight is 322 g/mol. The lowest BCUT2D eigenvalue weighted by Crippen LogP contribution is -1.90. The van der Waals surface area contributed by atoms with E-state index in [-0.39, 0.29) is 11.6 Å². The number of rotatable bonds is 2. The van der Waals surface area contributed by atoms with Gasteiger partial charge in [-0.1, -0.05) is 41.4 Å². The van der Waals surface area contributed by atoms with Gasteiger partial charge in [0.2, 0.25) is 0 Å². The Morgan fingerprint density at radius 3 is 2.52 bits per heavy atom. The van der Waals surface area contributed by atoms with Gasteiger partial charge in [0.1, 0.15) is 5.82 Å². The molecule has 3 nitrogen and oxygen atoms in total. The molecule has 0 fully saturated rings. The number of hydrogen-bond donors (Lipinski definition) is 2. The highest BCUT2D eigenvalue weighted by Gasteiger charge is 2.17. The fraction of sp³-hybridized carbons (Fsp3) is 0. The Balaban J connectivity index is 2.22. The molecule has 1 heterocycles. The third kappa shape index (κ3) is 2.48. The zero-order valence-corrected chi connectivity index (χ0v) is 12.2. The van der Waals surface area contributed by atoms with E-state index in [1.165, 1.54) is 6.07 Å². The van der Waals surface area contributed by atoms with Crippen molar-refractivity contribution < 1.29 is 4.39 Å². The van der Waals surface area contributed by atoms with E-state index in [1.807, 2.05) is 0 Å². The third-order valence-corrected chi connectivity index (χ3v) is 3.88. The Kier molecular flexibility index (Phi) is 3.57. The minimum absolute atomic E-state index is 0.270. The number of aromatic nitrogens is 2. The van der Waals surface area contributed by atoms with Gasteiger partial charge in [-0.25, -0.2) is 4.39 Å². The predicted octanol–water partition coefficient (Wildman–Crippen LogP) is 4.77. The van der Waals surface area contributed by atoms with Crippen molar-refractivity contribution >= 4 is 29.0 Å². The number of hydrogen-bond acceptors (Lipinski definition) is 2. The van der Waals surface area contributed by atoms with Crippen LogP contribution >= 0.6 is 23.2 Å². The number of nitrogens with two attached hydrogens (primary N) is 1. The number of aromatic amines is 1. The summed E-state index contributed by atoms with van der Waals surface area (Å²) in [6, 6.07) is 11.5. The molecule has 3 rings (SSSR count). The van der Waals surface area contributed by atoms with Crippen LogP contribution in [0, 0.1) is 5.82 Å². The number of anilines is 1. The van der Waals surface area contributed by atoms with Crippen molar-refractivity contribution in [3.8, 4) is 22.4 Å². The Bertz CT molecular complexity index is 814. The Hall–Kier alpha value is -2.04.